The van der Waals surface area contributed by atoms with Crippen molar-refractivity contribution in [3.05, 3.63) is 59.4 Å². The summed E-state index contributed by atoms with van der Waals surface area (Å²) < 4.78 is 4.81. The predicted molar refractivity (Wildman–Crippen MR) is 117 cm³/mol. The van der Waals surface area contributed by atoms with Gasteiger partial charge in [-0.25, -0.2) is 9.78 Å². The minimum absolute atomic E-state index is 0.103. The molecule has 1 aliphatic heterocycles. The van der Waals surface area contributed by atoms with Gasteiger partial charge in [-0.1, -0.05) is 18.2 Å². The summed E-state index contributed by atoms with van der Waals surface area (Å²) in [5, 5.41) is 4.92. The molecule has 9 heteroatoms. The lowest BCUT2D eigenvalue weighted by Gasteiger charge is -2.19. The van der Waals surface area contributed by atoms with Gasteiger partial charge in [-0.3, -0.25) is 9.59 Å². The van der Waals surface area contributed by atoms with E-state index in [9.17, 15) is 14.4 Å². The van der Waals surface area contributed by atoms with Crippen LogP contribution in [0.2, 0.25) is 0 Å². The van der Waals surface area contributed by atoms with Crippen molar-refractivity contribution in [3.8, 4) is 10.6 Å². The van der Waals surface area contributed by atoms with Crippen LogP contribution in [0.25, 0.3) is 10.6 Å². The number of anilines is 1. The van der Waals surface area contributed by atoms with Gasteiger partial charge in [-0.2, -0.15) is 0 Å². The normalized spacial score (nSPS) is 15.8. The maximum atomic E-state index is 12.7. The second-order valence-corrected chi connectivity index (χ2v) is 8.11. The van der Waals surface area contributed by atoms with Gasteiger partial charge in [0, 0.05) is 31.6 Å². The number of thiophene rings is 1. The van der Waals surface area contributed by atoms with Gasteiger partial charge in [0.05, 0.1) is 35.5 Å². The van der Waals surface area contributed by atoms with E-state index in [0.717, 1.165) is 16.3 Å². The van der Waals surface area contributed by atoms with Crippen LogP contribution in [0.4, 0.5) is 5.69 Å². The van der Waals surface area contributed by atoms with Gasteiger partial charge >= 0.3 is 5.97 Å². The topological polar surface area (TPSA) is 104 Å². The van der Waals surface area contributed by atoms with E-state index in [1.807, 2.05) is 17.5 Å². The number of nitrogens with one attached hydrogen (secondary N) is 2. The fraction of sp³-hybridized carbons (Fsp3) is 0.273. The van der Waals surface area contributed by atoms with Gasteiger partial charge in [0.15, 0.2) is 0 Å². The molecule has 0 spiro atoms. The highest BCUT2D eigenvalue weighted by Gasteiger charge is 2.36. The lowest BCUT2D eigenvalue weighted by molar-refractivity contribution is -0.126. The molecule has 8 nitrogen and oxygen atoms in total. The van der Waals surface area contributed by atoms with E-state index in [-0.39, 0.29) is 24.8 Å². The van der Waals surface area contributed by atoms with Crippen LogP contribution in [0, 0.1) is 5.92 Å². The van der Waals surface area contributed by atoms with Crippen molar-refractivity contribution in [3.63, 3.8) is 0 Å². The number of aromatic nitrogens is 2. The number of rotatable bonds is 7. The first kappa shape index (κ1) is 20.8. The number of hydrogen-bond donors (Lipinski definition) is 2. The van der Waals surface area contributed by atoms with Gasteiger partial charge in [0.25, 0.3) is 0 Å². The average molecular weight is 439 g/mol. The van der Waals surface area contributed by atoms with E-state index in [1.54, 1.807) is 41.9 Å². The largest absolute Gasteiger partial charge is 0.465 e. The highest BCUT2D eigenvalue weighted by molar-refractivity contribution is 7.13. The molecule has 0 aliphatic carbocycles. The molecule has 0 saturated carbocycles. The minimum atomic E-state index is -0.516. The molecule has 3 heterocycles. The zero-order chi connectivity index (χ0) is 21.8. The maximum absolute atomic E-state index is 12.7. The molecule has 4 rings (SSSR count). The molecule has 3 aromatic rings. The van der Waals surface area contributed by atoms with Crippen LogP contribution >= 0.6 is 11.3 Å². The Balaban J connectivity index is 1.37. The number of benzene rings is 1. The van der Waals surface area contributed by atoms with E-state index in [1.165, 1.54) is 12.0 Å². The lowest BCUT2D eigenvalue weighted by Crippen LogP contribution is -2.34. The minimum Gasteiger partial charge on any atom is -0.465 e. The summed E-state index contributed by atoms with van der Waals surface area (Å²) in [6.07, 6.45) is 2.36. The first-order chi connectivity index (χ1) is 15.1. The molecule has 1 atom stereocenters. The Kier molecular flexibility index (Phi) is 6.13. The molecule has 31 heavy (non-hydrogen) atoms. The van der Waals surface area contributed by atoms with Gasteiger partial charge in [-0.15, -0.1) is 11.3 Å². The van der Waals surface area contributed by atoms with E-state index in [2.05, 4.69) is 15.3 Å². The highest BCUT2D eigenvalue weighted by atomic mass is 32.1. The van der Waals surface area contributed by atoms with E-state index < -0.39 is 11.9 Å². The molecule has 1 saturated heterocycles. The summed E-state index contributed by atoms with van der Waals surface area (Å²) >= 11 is 1.61. The summed E-state index contributed by atoms with van der Waals surface area (Å²) in [7, 11) is 1.30. The van der Waals surface area contributed by atoms with E-state index in [0.29, 0.717) is 24.2 Å². The molecule has 1 unspecified atom stereocenters. The fourth-order valence-corrected chi connectivity index (χ4v) is 4.45. The molecule has 160 valence electrons. The second kappa shape index (κ2) is 9.13. The third kappa shape index (κ3) is 4.36. The number of esters is 1. The van der Waals surface area contributed by atoms with Gasteiger partial charge in [-0.05, 0) is 23.6 Å². The first-order valence-corrected chi connectivity index (χ1v) is 10.8. The molecule has 0 radical (unpaired) electrons. The predicted octanol–water partition coefficient (Wildman–Crippen LogP) is 2.64. The van der Waals surface area contributed by atoms with Crippen molar-refractivity contribution in [1.82, 2.24) is 15.3 Å². The zero-order valence-corrected chi connectivity index (χ0v) is 17.8. The van der Waals surface area contributed by atoms with Crippen LogP contribution in [-0.2, 0) is 20.7 Å². The third-order valence-corrected chi connectivity index (χ3v) is 6.12. The summed E-state index contributed by atoms with van der Waals surface area (Å²) in [6, 6.07) is 10.7. The molecule has 1 aliphatic rings. The van der Waals surface area contributed by atoms with E-state index >= 15 is 0 Å². The molecule has 2 N–H and O–H groups in total. The number of methoxy groups -OCH3 is 1. The number of H-pyrrole nitrogens is 1. The SMILES string of the molecule is COC(=O)c1ccccc1N1CC(C(=O)NCCc2[nH]cnc2-c2cccs2)CC1=O. The Morgan fingerprint density at radius 2 is 2.13 bits per heavy atom. The Hall–Kier alpha value is -3.46. The number of imidazole rings is 1. The Bertz CT molecular complexity index is 1090. The maximum Gasteiger partial charge on any atom is 0.339 e. The highest BCUT2D eigenvalue weighted by Crippen LogP contribution is 2.29. The quantitative estimate of drug-likeness (QED) is 0.552. The van der Waals surface area contributed by atoms with Crippen LogP contribution in [-0.4, -0.2) is 48.0 Å². The molecule has 2 amide bonds. The van der Waals surface area contributed by atoms with Crippen LogP contribution < -0.4 is 10.2 Å². The summed E-state index contributed by atoms with van der Waals surface area (Å²) in [5.41, 5.74) is 2.62. The number of carbonyl (C=O) groups excluding carboxylic acids is 3. The number of carbonyl (C=O) groups is 3. The van der Waals surface area contributed by atoms with Crippen molar-refractivity contribution in [2.75, 3.05) is 25.1 Å². The van der Waals surface area contributed by atoms with Crippen molar-refractivity contribution in [2.24, 2.45) is 5.92 Å². The number of hydrogen-bond acceptors (Lipinski definition) is 6. The van der Waals surface area contributed by atoms with Crippen molar-refractivity contribution in [2.45, 2.75) is 12.8 Å². The van der Waals surface area contributed by atoms with Crippen LogP contribution in [0.5, 0.6) is 0 Å². The second-order valence-electron chi connectivity index (χ2n) is 7.16. The smallest absolute Gasteiger partial charge is 0.339 e. The molecule has 1 aromatic carbocycles. The van der Waals surface area contributed by atoms with Gasteiger partial charge in [0.1, 0.15) is 5.69 Å². The van der Waals surface area contributed by atoms with Crippen LogP contribution in [0.1, 0.15) is 22.5 Å². The number of ether oxygens (including phenoxy) is 1. The number of aromatic amines is 1. The molecule has 0 bridgehead atoms. The fourth-order valence-electron chi connectivity index (χ4n) is 3.70. The number of amides is 2. The Labute approximate surface area is 183 Å². The standard InChI is InChI=1S/C22H22N4O4S/c1-30-22(29)15-5-2-3-6-17(15)26-12-14(11-19(26)27)21(28)23-9-8-16-20(25-13-24-16)18-7-4-10-31-18/h2-7,10,13-14H,8-9,11-12H2,1H3,(H,23,28)(H,24,25). The van der Waals surface area contributed by atoms with Crippen molar-refractivity contribution < 1.29 is 19.1 Å². The Morgan fingerprint density at radius 3 is 2.90 bits per heavy atom. The average Bonchev–Trinajstić information content (AvgIpc) is 3.54. The lowest BCUT2D eigenvalue weighted by atomic mass is 10.1. The molecule has 1 fully saturated rings. The van der Waals surface area contributed by atoms with Crippen molar-refractivity contribution in [1.29, 1.82) is 0 Å². The van der Waals surface area contributed by atoms with Crippen molar-refractivity contribution >= 4 is 34.8 Å². The molecular formula is C22H22N4O4S. The van der Waals surface area contributed by atoms with E-state index in [4.69, 9.17) is 4.74 Å². The zero-order valence-electron chi connectivity index (χ0n) is 17.0. The summed E-state index contributed by atoms with van der Waals surface area (Å²) in [6.45, 7) is 0.659. The summed E-state index contributed by atoms with van der Waals surface area (Å²) in [4.78, 5) is 47.3. The van der Waals surface area contributed by atoms with Gasteiger partial charge in [0.2, 0.25) is 11.8 Å². The Morgan fingerprint density at radius 1 is 1.29 bits per heavy atom. The number of nitrogens with zero attached hydrogens (tertiary/aromatic N) is 2. The van der Waals surface area contributed by atoms with Crippen LogP contribution in [0.3, 0.4) is 0 Å². The molecular weight excluding hydrogens is 416 g/mol. The summed E-state index contributed by atoms with van der Waals surface area (Å²) in [5.74, 6) is -1.36. The molecule has 2 aromatic heterocycles. The number of para-hydroxylation sites is 1. The monoisotopic (exact) mass is 438 g/mol. The first-order valence-electron chi connectivity index (χ1n) is 9.90. The third-order valence-electron chi connectivity index (χ3n) is 5.24. The van der Waals surface area contributed by atoms with Crippen LogP contribution in [0.15, 0.2) is 48.1 Å². The van der Waals surface area contributed by atoms with Gasteiger partial charge < -0.3 is 19.9 Å².